The zero-order valence-corrected chi connectivity index (χ0v) is 21.5. The van der Waals surface area contributed by atoms with Crippen LogP contribution in [0.4, 0.5) is 4.79 Å². The smallest absolute Gasteiger partial charge is 0.410 e. The number of rotatable bonds is 7. The van der Waals surface area contributed by atoms with Crippen molar-refractivity contribution in [2.24, 2.45) is 0 Å². The third kappa shape index (κ3) is 5.36. The van der Waals surface area contributed by atoms with Crippen molar-refractivity contribution in [2.45, 2.75) is 63.3 Å². The van der Waals surface area contributed by atoms with Crippen molar-refractivity contribution >= 4 is 16.1 Å². The Labute approximate surface area is 208 Å². The maximum atomic E-state index is 13.1. The minimum atomic E-state index is -3.48. The second-order valence-electron chi connectivity index (χ2n) is 10.3. The molecule has 2 aliphatic heterocycles. The molecule has 2 heterocycles. The largest absolute Gasteiger partial charge is 0.441 e. The number of piperidine rings is 1. The zero-order chi connectivity index (χ0) is 25.3. The lowest BCUT2D eigenvalue weighted by atomic mass is 9.82. The second-order valence-corrected chi connectivity index (χ2v) is 12.2. The molecule has 2 saturated heterocycles. The van der Waals surface area contributed by atoms with Crippen LogP contribution in [0, 0.1) is 11.3 Å². The van der Waals surface area contributed by atoms with Gasteiger partial charge in [0.15, 0.2) is 0 Å². The van der Waals surface area contributed by atoms with Crippen LogP contribution in [-0.4, -0.2) is 49.0 Å². The molecule has 4 rings (SSSR count). The lowest BCUT2D eigenvalue weighted by molar-refractivity contribution is 0.0172. The highest BCUT2D eigenvalue weighted by molar-refractivity contribution is 7.88. The van der Waals surface area contributed by atoms with Crippen molar-refractivity contribution in [1.29, 1.82) is 5.26 Å². The Morgan fingerprint density at radius 3 is 2.37 bits per heavy atom. The van der Waals surface area contributed by atoms with E-state index in [1.165, 1.54) is 9.87 Å². The van der Waals surface area contributed by atoms with Gasteiger partial charge in [-0.05, 0) is 34.6 Å². The van der Waals surface area contributed by atoms with Crippen molar-refractivity contribution in [2.75, 3.05) is 19.6 Å². The molecule has 7 nitrogen and oxygen atoms in total. The summed E-state index contributed by atoms with van der Waals surface area (Å²) < 4.78 is 33.5. The predicted molar refractivity (Wildman–Crippen MR) is 134 cm³/mol. The van der Waals surface area contributed by atoms with Crippen LogP contribution in [0.25, 0.3) is 0 Å². The number of hydrogen-bond donors (Lipinski definition) is 0. The summed E-state index contributed by atoms with van der Waals surface area (Å²) in [5, 5.41) is 9.32. The van der Waals surface area contributed by atoms with Gasteiger partial charge in [-0.15, -0.1) is 0 Å². The standard InChI is InChI=1S/C27H33N3O4S/c1-4-26(2,3)24-11-9-21(10-12-24)19-35(32,33)30-15-13-27(14-16-30)20-29(25(31)34-27)18-23-8-6-5-7-22(23)17-28/h5-12H,4,13-16,18-20H2,1-3H3. The molecule has 1 amide bonds. The van der Waals surface area contributed by atoms with E-state index in [0.717, 1.165) is 17.5 Å². The summed E-state index contributed by atoms with van der Waals surface area (Å²) in [6.07, 6.45) is 1.51. The molecule has 186 valence electrons. The quantitative estimate of drug-likeness (QED) is 0.562. The molecule has 2 fully saturated rings. The minimum Gasteiger partial charge on any atom is -0.441 e. The molecular formula is C27H33N3O4S. The van der Waals surface area contributed by atoms with E-state index in [0.29, 0.717) is 44.6 Å². The third-order valence-corrected chi connectivity index (χ3v) is 9.39. The van der Waals surface area contributed by atoms with Gasteiger partial charge in [-0.25, -0.2) is 17.5 Å². The number of carbonyl (C=O) groups excluding carboxylic acids is 1. The summed E-state index contributed by atoms with van der Waals surface area (Å²) >= 11 is 0. The van der Waals surface area contributed by atoms with Gasteiger partial charge >= 0.3 is 6.09 Å². The first-order valence-corrected chi connectivity index (χ1v) is 13.7. The number of nitriles is 1. The van der Waals surface area contributed by atoms with E-state index in [1.54, 1.807) is 17.0 Å². The highest BCUT2D eigenvalue weighted by atomic mass is 32.2. The van der Waals surface area contributed by atoms with Gasteiger partial charge in [0.2, 0.25) is 10.0 Å². The summed E-state index contributed by atoms with van der Waals surface area (Å²) in [5.41, 5.74) is 2.66. The third-order valence-electron chi connectivity index (χ3n) is 7.54. The number of hydrogen-bond acceptors (Lipinski definition) is 5. The molecule has 1 spiro atoms. The molecule has 0 aromatic heterocycles. The van der Waals surface area contributed by atoms with Crippen LogP contribution in [0.5, 0.6) is 0 Å². The second kappa shape index (κ2) is 9.63. The number of sulfonamides is 1. The van der Waals surface area contributed by atoms with Crippen LogP contribution in [0.2, 0.25) is 0 Å². The number of benzene rings is 2. The number of amides is 1. The van der Waals surface area contributed by atoms with Gasteiger partial charge in [-0.2, -0.15) is 5.26 Å². The monoisotopic (exact) mass is 495 g/mol. The molecule has 0 saturated carbocycles. The molecule has 0 unspecified atom stereocenters. The van der Waals surface area contributed by atoms with Crippen LogP contribution in [-0.2, 0) is 32.5 Å². The zero-order valence-electron chi connectivity index (χ0n) is 20.7. The fourth-order valence-corrected chi connectivity index (χ4v) is 6.31. The summed E-state index contributed by atoms with van der Waals surface area (Å²) in [6, 6.07) is 17.2. The van der Waals surface area contributed by atoms with E-state index < -0.39 is 21.7 Å². The molecule has 0 aliphatic carbocycles. The van der Waals surface area contributed by atoms with Crippen molar-refractivity contribution in [3.05, 3.63) is 70.8 Å². The Bertz CT molecular complexity index is 1220. The first kappa shape index (κ1) is 25.2. The van der Waals surface area contributed by atoms with E-state index in [4.69, 9.17) is 4.74 Å². The van der Waals surface area contributed by atoms with Crippen LogP contribution in [0.1, 0.15) is 62.3 Å². The van der Waals surface area contributed by atoms with Gasteiger partial charge in [-0.1, -0.05) is 63.2 Å². The molecule has 0 bridgehead atoms. The van der Waals surface area contributed by atoms with Gasteiger partial charge in [-0.3, -0.25) is 4.90 Å². The minimum absolute atomic E-state index is 0.0380. The molecule has 2 aromatic rings. The Morgan fingerprint density at radius 1 is 1.09 bits per heavy atom. The van der Waals surface area contributed by atoms with Crippen molar-refractivity contribution in [1.82, 2.24) is 9.21 Å². The maximum Gasteiger partial charge on any atom is 0.410 e. The Balaban J connectivity index is 1.37. The molecule has 0 atom stereocenters. The van der Waals surface area contributed by atoms with Crippen LogP contribution < -0.4 is 0 Å². The van der Waals surface area contributed by atoms with Gasteiger partial charge in [0.1, 0.15) is 5.60 Å². The first-order valence-electron chi connectivity index (χ1n) is 12.1. The number of nitrogens with zero attached hydrogens (tertiary/aromatic N) is 3. The number of ether oxygens (including phenoxy) is 1. The molecular weight excluding hydrogens is 462 g/mol. The highest BCUT2D eigenvalue weighted by Gasteiger charge is 2.48. The maximum absolute atomic E-state index is 13.1. The summed E-state index contributed by atoms with van der Waals surface area (Å²) in [6.45, 7) is 7.85. The molecule has 8 heteroatoms. The topological polar surface area (TPSA) is 90.7 Å². The summed E-state index contributed by atoms with van der Waals surface area (Å²) in [4.78, 5) is 14.2. The molecule has 35 heavy (non-hydrogen) atoms. The molecule has 0 N–H and O–H groups in total. The predicted octanol–water partition coefficient (Wildman–Crippen LogP) is 4.56. The van der Waals surface area contributed by atoms with Crippen LogP contribution in [0.15, 0.2) is 48.5 Å². The lowest BCUT2D eigenvalue weighted by Gasteiger charge is -2.36. The van der Waals surface area contributed by atoms with E-state index in [9.17, 15) is 18.5 Å². The van der Waals surface area contributed by atoms with E-state index in [2.05, 4.69) is 26.8 Å². The average Bonchev–Trinajstić information content (AvgIpc) is 3.13. The number of carbonyl (C=O) groups is 1. The van der Waals surface area contributed by atoms with E-state index in [1.807, 2.05) is 36.4 Å². The van der Waals surface area contributed by atoms with E-state index in [-0.39, 0.29) is 11.2 Å². The fraction of sp³-hybridized carbons (Fsp3) is 0.481. The molecule has 2 aromatic carbocycles. The normalized spacial score (nSPS) is 18.5. The lowest BCUT2D eigenvalue weighted by Crippen LogP contribution is -2.48. The molecule has 0 radical (unpaired) electrons. The Kier molecular flexibility index (Phi) is 6.94. The Hall–Kier alpha value is -2.89. The first-order chi connectivity index (χ1) is 16.6. The van der Waals surface area contributed by atoms with Gasteiger partial charge < -0.3 is 4.74 Å². The van der Waals surface area contributed by atoms with Gasteiger partial charge in [0, 0.05) is 25.9 Å². The summed E-state index contributed by atoms with van der Waals surface area (Å²) in [7, 11) is -3.48. The Morgan fingerprint density at radius 2 is 1.74 bits per heavy atom. The van der Waals surface area contributed by atoms with Crippen molar-refractivity contribution in [3.63, 3.8) is 0 Å². The van der Waals surface area contributed by atoms with Crippen molar-refractivity contribution in [3.8, 4) is 6.07 Å². The van der Waals surface area contributed by atoms with Crippen molar-refractivity contribution < 1.29 is 17.9 Å². The van der Waals surface area contributed by atoms with Crippen LogP contribution in [0.3, 0.4) is 0 Å². The van der Waals surface area contributed by atoms with Gasteiger partial charge in [0.05, 0.1) is 30.5 Å². The summed E-state index contributed by atoms with van der Waals surface area (Å²) in [5.74, 6) is -0.0380. The SMILES string of the molecule is CCC(C)(C)c1ccc(CS(=O)(=O)N2CCC3(CC2)CN(Cc2ccccc2C#N)C(=O)O3)cc1. The fourth-order valence-electron chi connectivity index (χ4n) is 4.78. The molecule has 2 aliphatic rings. The van der Waals surface area contributed by atoms with E-state index >= 15 is 0 Å². The van der Waals surface area contributed by atoms with Crippen LogP contribution >= 0.6 is 0 Å². The average molecular weight is 496 g/mol. The highest BCUT2D eigenvalue weighted by Crippen LogP contribution is 2.35. The van der Waals surface area contributed by atoms with Gasteiger partial charge in [0.25, 0.3) is 0 Å².